The Hall–Kier alpha value is -1.70. The molecule has 0 radical (unpaired) electrons. The van der Waals surface area contributed by atoms with Crippen LogP contribution in [0.15, 0.2) is 30.3 Å². The van der Waals surface area contributed by atoms with Crippen LogP contribution < -0.4 is 0 Å². The molecule has 0 aliphatic rings. The number of hydrogen-bond donors (Lipinski definition) is 0. The van der Waals surface area contributed by atoms with Crippen molar-refractivity contribution in [3.8, 4) is 0 Å². The Labute approximate surface area is 128 Å². The Morgan fingerprint density at radius 1 is 1.00 bits per heavy atom. The fourth-order valence-corrected chi connectivity index (χ4v) is 2.70. The monoisotopic (exact) mass is 282 g/mol. The van der Waals surface area contributed by atoms with Gasteiger partial charge < -0.3 is 0 Å². The summed E-state index contributed by atoms with van der Waals surface area (Å²) in [5, 5.41) is 0. The molecule has 112 valence electrons. The maximum atomic E-state index is 4.90. The van der Waals surface area contributed by atoms with Gasteiger partial charge in [0.2, 0.25) is 0 Å². The largest absolute Gasteiger partial charge is 0.258 e. The third-order valence-electron chi connectivity index (χ3n) is 3.80. The van der Waals surface area contributed by atoms with Crippen molar-refractivity contribution in [2.45, 2.75) is 59.3 Å². The minimum Gasteiger partial charge on any atom is -0.258 e. The lowest BCUT2D eigenvalue weighted by atomic mass is 9.88. The summed E-state index contributed by atoms with van der Waals surface area (Å²) in [6, 6.07) is 10.6. The van der Waals surface area contributed by atoms with Crippen molar-refractivity contribution < 1.29 is 0 Å². The molecule has 2 nitrogen and oxygen atoms in total. The van der Waals surface area contributed by atoms with Gasteiger partial charge in [-0.05, 0) is 44.0 Å². The lowest BCUT2D eigenvalue weighted by Gasteiger charge is -2.21. The van der Waals surface area contributed by atoms with Crippen LogP contribution in [0.3, 0.4) is 0 Å². The van der Waals surface area contributed by atoms with Gasteiger partial charge in [-0.3, -0.25) is 9.97 Å². The Morgan fingerprint density at radius 2 is 1.71 bits per heavy atom. The van der Waals surface area contributed by atoms with Gasteiger partial charge in [-0.15, -0.1) is 0 Å². The molecular weight excluding hydrogens is 256 g/mol. The molecule has 0 bridgehead atoms. The van der Waals surface area contributed by atoms with E-state index in [1.54, 1.807) is 0 Å². The predicted molar refractivity (Wildman–Crippen MR) is 88.8 cm³/mol. The molecule has 1 atom stereocenters. The van der Waals surface area contributed by atoms with Crippen molar-refractivity contribution in [3.63, 3.8) is 0 Å². The summed E-state index contributed by atoms with van der Waals surface area (Å²) < 4.78 is 0. The van der Waals surface area contributed by atoms with E-state index in [-0.39, 0.29) is 5.41 Å². The molecule has 1 unspecified atom stereocenters. The second-order valence-corrected chi connectivity index (χ2v) is 7.03. The van der Waals surface area contributed by atoms with Crippen LogP contribution in [0.4, 0.5) is 0 Å². The second-order valence-electron chi connectivity index (χ2n) is 7.03. The molecule has 0 spiro atoms. The first kappa shape index (κ1) is 15.7. The van der Waals surface area contributed by atoms with Crippen molar-refractivity contribution in [2.75, 3.05) is 0 Å². The third-order valence-corrected chi connectivity index (χ3v) is 3.80. The quantitative estimate of drug-likeness (QED) is 0.812. The molecule has 2 aromatic heterocycles. The number of aromatic nitrogens is 2. The lowest BCUT2D eigenvalue weighted by Crippen LogP contribution is -2.17. The summed E-state index contributed by atoms with van der Waals surface area (Å²) >= 11 is 0. The highest BCUT2D eigenvalue weighted by molar-refractivity contribution is 5.28. The zero-order valence-electron chi connectivity index (χ0n) is 14.1. The van der Waals surface area contributed by atoms with Crippen molar-refractivity contribution >= 4 is 0 Å². The average molecular weight is 282 g/mol. The molecule has 0 saturated carbocycles. The molecule has 0 fully saturated rings. The van der Waals surface area contributed by atoms with E-state index in [0.29, 0.717) is 5.92 Å². The van der Waals surface area contributed by atoms with Gasteiger partial charge in [0.25, 0.3) is 0 Å². The molecule has 0 aliphatic heterocycles. The van der Waals surface area contributed by atoms with E-state index in [1.165, 1.54) is 11.3 Å². The Bertz CT molecular complexity index is 624. The molecule has 0 aromatic carbocycles. The van der Waals surface area contributed by atoms with Gasteiger partial charge >= 0.3 is 0 Å². The number of hydrogen-bond acceptors (Lipinski definition) is 2. The standard InChI is InChI=1S/C19H26N2/c1-13-10-11-16(21-18(13)19(4,5)6)12-14(2)17-9-7-8-15(3)20-17/h7-11,14H,12H2,1-6H3. The highest BCUT2D eigenvalue weighted by atomic mass is 14.7. The molecule has 0 amide bonds. The van der Waals surface area contributed by atoms with E-state index >= 15 is 0 Å². The Morgan fingerprint density at radius 3 is 2.33 bits per heavy atom. The zero-order valence-corrected chi connectivity index (χ0v) is 14.1. The van der Waals surface area contributed by atoms with E-state index in [0.717, 1.165) is 23.5 Å². The summed E-state index contributed by atoms with van der Waals surface area (Å²) in [5.41, 5.74) is 5.94. The van der Waals surface area contributed by atoms with E-state index in [4.69, 9.17) is 4.98 Å². The van der Waals surface area contributed by atoms with Gasteiger partial charge in [-0.25, -0.2) is 0 Å². The van der Waals surface area contributed by atoms with Gasteiger partial charge in [-0.2, -0.15) is 0 Å². The van der Waals surface area contributed by atoms with Crippen LogP contribution in [-0.2, 0) is 11.8 Å². The van der Waals surface area contributed by atoms with E-state index in [9.17, 15) is 0 Å². The number of aryl methyl sites for hydroxylation is 2. The average Bonchev–Trinajstić information content (AvgIpc) is 2.39. The summed E-state index contributed by atoms with van der Waals surface area (Å²) in [4.78, 5) is 9.53. The fraction of sp³-hybridized carbons (Fsp3) is 0.474. The van der Waals surface area contributed by atoms with E-state index < -0.39 is 0 Å². The minimum absolute atomic E-state index is 0.0882. The van der Waals surface area contributed by atoms with Crippen LogP contribution in [0.25, 0.3) is 0 Å². The molecule has 0 saturated heterocycles. The van der Waals surface area contributed by atoms with Gasteiger partial charge in [0, 0.05) is 34.1 Å². The number of rotatable bonds is 3. The molecular formula is C19H26N2. The highest BCUT2D eigenvalue weighted by Crippen LogP contribution is 2.25. The van der Waals surface area contributed by atoms with Gasteiger partial charge in [0.05, 0.1) is 0 Å². The van der Waals surface area contributed by atoms with Gasteiger partial charge in [0.1, 0.15) is 0 Å². The normalized spacial score (nSPS) is 13.2. The van der Waals surface area contributed by atoms with Crippen LogP contribution in [0, 0.1) is 13.8 Å². The molecule has 0 N–H and O–H groups in total. The van der Waals surface area contributed by atoms with Crippen LogP contribution in [-0.4, -0.2) is 9.97 Å². The fourth-order valence-electron chi connectivity index (χ4n) is 2.70. The molecule has 2 rings (SSSR count). The SMILES string of the molecule is Cc1cccc(C(C)Cc2ccc(C)c(C(C)(C)C)n2)n1. The zero-order chi connectivity index (χ0) is 15.6. The van der Waals surface area contributed by atoms with E-state index in [2.05, 4.69) is 63.9 Å². The maximum absolute atomic E-state index is 4.90. The maximum Gasteiger partial charge on any atom is 0.0489 e. The van der Waals surface area contributed by atoms with Crippen molar-refractivity contribution in [2.24, 2.45) is 0 Å². The van der Waals surface area contributed by atoms with Crippen molar-refractivity contribution in [1.82, 2.24) is 9.97 Å². The number of pyridine rings is 2. The van der Waals surface area contributed by atoms with Crippen LogP contribution in [0.5, 0.6) is 0 Å². The first-order chi connectivity index (χ1) is 9.77. The topological polar surface area (TPSA) is 25.8 Å². The lowest BCUT2D eigenvalue weighted by molar-refractivity contribution is 0.558. The van der Waals surface area contributed by atoms with Crippen molar-refractivity contribution in [3.05, 3.63) is 58.7 Å². The van der Waals surface area contributed by atoms with Crippen LogP contribution >= 0.6 is 0 Å². The molecule has 2 aromatic rings. The van der Waals surface area contributed by atoms with E-state index in [1.807, 2.05) is 13.0 Å². The first-order valence-corrected chi connectivity index (χ1v) is 7.68. The first-order valence-electron chi connectivity index (χ1n) is 7.68. The second kappa shape index (κ2) is 5.97. The summed E-state index contributed by atoms with van der Waals surface area (Å²) in [7, 11) is 0. The van der Waals surface area contributed by atoms with Crippen LogP contribution in [0.1, 0.15) is 62.0 Å². The highest BCUT2D eigenvalue weighted by Gasteiger charge is 2.19. The minimum atomic E-state index is 0.0882. The predicted octanol–water partition coefficient (Wildman–Crippen LogP) is 4.74. The Kier molecular flexibility index (Phi) is 4.46. The summed E-state index contributed by atoms with van der Waals surface area (Å²) in [5.74, 6) is 0.382. The van der Waals surface area contributed by atoms with Crippen LogP contribution in [0.2, 0.25) is 0 Å². The third kappa shape index (κ3) is 3.90. The van der Waals surface area contributed by atoms with Crippen molar-refractivity contribution in [1.29, 1.82) is 0 Å². The van der Waals surface area contributed by atoms with Gasteiger partial charge in [0.15, 0.2) is 0 Å². The smallest absolute Gasteiger partial charge is 0.0489 e. The van der Waals surface area contributed by atoms with Gasteiger partial charge in [-0.1, -0.05) is 39.8 Å². The molecule has 2 heterocycles. The summed E-state index contributed by atoms with van der Waals surface area (Å²) in [6.45, 7) is 13.1. The molecule has 21 heavy (non-hydrogen) atoms. The summed E-state index contributed by atoms with van der Waals surface area (Å²) in [6.07, 6.45) is 0.930. The molecule has 0 aliphatic carbocycles. The number of nitrogens with zero attached hydrogens (tertiary/aromatic N) is 2. The molecule has 2 heteroatoms. The Balaban J connectivity index is 2.24.